The maximum absolute atomic E-state index is 12.9. The summed E-state index contributed by atoms with van der Waals surface area (Å²) in [7, 11) is 3.44. The van der Waals surface area contributed by atoms with E-state index in [2.05, 4.69) is 20.6 Å². The first kappa shape index (κ1) is 17.8. The molecule has 2 amide bonds. The molecule has 8 nitrogen and oxygen atoms in total. The van der Waals surface area contributed by atoms with Crippen molar-refractivity contribution in [3.63, 3.8) is 0 Å². The van der Waals surface area contributed by atoms with E-state index in [-0.39, 0.29) is 18.0 Å². The Morgan fingerprint density at radius 3 is 2.65 bits per heavy atom. The van der Waals surface area contributed by atoms with Gasteiger partial charge in [0, 0.05) is 45.4 Å². The summed E-state index contributed by atoms with van der Waals surface area (Å²) in [5.41, 5.74) is 2.01. The van der Waals surface area contributed by atoms with E-state index in [0.29, 0.717) is 23.8 Å². The number of carbonyl (C=O) groups excluding carboxylic acids is 2. The Kier molecular flexibility index (Phi) is 5.13. The van der Waals surface area contributed by atoms with Crippen LogP contribution in [0.25, 0.3) is 11.1 Å². The van der Waals surface area contributed by atoms with Gasteiger partial charge in [0.25, 0.3) is 5.91 Å². The van der Waals surface area contributed by atoms with Crippen LogP contribution in [0.4, 0.5) is 11.6 Å². The van der Waals surface area contributed by atoms with E-state index in [9.17, 15) is 9.59 Å². The van der Waals surface area contributed by atoms with E-state index >= 15 is 0 Å². The third-order valence-corrected chi connectivity index (χ3v) is 4.18. The molecule has 0 spiro atoms. The minimum Gasteiger partial charge on any atom is -0.372 e. The van der Waals surface area contributed by atoms with Crippen LogP contribution in [0.15, 0.2) is 30.6 Å². The molecule has 136 valence electrons. The molecule has 1 fully saturated rings. The smallest absolute Gasteiger partial charge is 0.259 e. The molecule has 26 heavy (non-hydrogen) atoms. The molecular weight excluding hydrogens is 334 g/mol. The number of nitrogens with zero attached hydrogens (tertiary/aromatic N) is 3. The number of hydrogen-bond donors (Lipinski definition) is 2. The lowest BCUT2D eigenvalue weighted by Crippen LogP contribution is -2.45. The topological polar surface area (TPSA) is 96.4 Å². The summed E-state index contributed by atoms with van der Waals surface area (Å²) in [5.74, 6) is 0.586. The lowest BCUT2D eigenvalue weighted by molar-refractivity contribution is -0.120. The van der Waals surface area contributed by atoms with Gasteiger partial charge < -0.3 is 20.3 Å². The predicted octanol–water partition coefficient (Wildman–Crippen LogP) is 1.96. The normalized spacial score (nSPS) is 15.7. The molecule has 2 N–H and O–H groups in total. The summed E-state index contributed by atoms with van der Waals surface area (Å²) < 4.78 is 5.39. The average Bonchev–Trinajstić information content (AvgIpc) is 2.58. The highest BCUT2D eigenvalue weighted by molar-refractivity contribution is 6.00. The van der Waals surface area contributed by atoms with Crippen LogP contribution < -0.4 is 10.6 Å². The number of ether oxygens (including phenoxy) is 1. The summed E-state index contributed by atoms with van der Waals surface area (Å²) >= 11 is 0. The first-order chi connectivity index (χ1) is 12.5. The van der Waals surface area contributed by atoms with E-state index in [1.165, 1.54) is 6.92 Å². The molecule has 0 saturated carbocycles. The molecule has 1 saturated heterocycles. The van der Waals surface area contributed by atoms with Gasteiger partial charge in [0.2, 0.25) is 5.91 Å². The highest BCUT2D eigenvalue weighted by Crippen LogP contribution is 2.26. The lowest BCUT2D eigenvalue weighted by Gasteiger charge is -2.35. The summed E-state index contributed by atoms with van der Waals surface area (Å²) in [6.07, 6.45) is 3.91. The van der Waals surface area contributed by atoms with Crippen molar-refractivity contribution in [3.05, 3.63) is 36.2 Å². The molecule has 3 rings (SSSR count). The summed E-state index contributed by atoms with van der Waals surface area (Å²) in [5, 5.41) is 5.60. The largest absolute Gasteiger partial charge is 0.372 e. The first-order valence-corrected chi connectivity index (χ1v) is 8.30. The molecule has 1 unspecified atom stereocenters. The van der Waals surface area contributed by atoms with Gasteiger partial charge >= 0.3 is 0 Å². The fourth-order valence-corrected chi connectivity index (χ4v) is 2.69. The second-order valence-corrected chi connectivity index (χ2v) is 6.01. The third kappa shape index (κ3) is 3.65. The van der Waals surface area contributed by atoms with E-state index in [4.69, 9.17) is 4.74 Å². The quantitative estimate of drug-likeness (QED) is 0.851. The van der Waals surface area contributed by atoms with Crippen LogP contribution in [0.3, 0.4) is 0 Å². The van der Waals surface area contributed by atoms with Gasteiger partial charge in [-0.15, -0.1) is 0 Å². The van der Waals surface area contributed by atoms with Crippen molar-refractivity contribution in [1.82, 2.24) is 14.9 Å². The van der Waals surface area contributed by atoms with Gasteiger partial charge in [-0.05, 0) is 23.8 Å². The van der Waals surface area contributed by atoms with Crippen LogP contribution in [-0.2, 0) is 9.53 Å². The monoisotopic (exact) mass is 355 g/mol. The minimum atomic E-state index is -0.198. The van der Waals surface area contributed by atoms with Gasteiger partial charge in [-0.25, -0.2) is 9.97 Å². The van der Waals surface area contributed by atoms with Crippen molar-refractivity contribution >= 4 is 23.5 Å². The Labute approximate surface area is 151 Å². The first-order valence-electron chi connectivity index (χ1n) is 8.30. The van der Waals surface area contributed by atoms with Crippen molar-refractivity contribution in [2.45, 2.75) is 19.6 Å². The number of carbonyl (C=O) groups is 2. The Morgan fingerprint density at radius 2 is 2.04 bits per heavy atom. The zero-order chi connectivity index (χ0) is 18.7. The van der Waals surface area contributed by atoms with Crippen molar-refractivity contribution in [1.29, 1.82) is 0 Å². The summed E-state index contributed by atoms with van der Waals surface area (Å²) in [4.78, 5) is 34.1. The Bertz CT molecular complexity index is 835. The fraction of sp³-hybridized carbons (Fsp3) is 0.333. The number of pyridine rings is 2. The zero-order valence-electron chi connectivity index (χ0n) is 14.9. The van der Waals surface area contributed by atoms with Gasteiger partial charge in [0.15, 0.2) is 0 Å². The summed E-state index contributed by atoms with van der Waals surface area (Å²) in [6.45, 7) is 2.09. The standard InChI is InChI=1S/C18H21N5O3/c1-11(24)22-15-9-12(4-6-20-15)13-8-14(17(19-2)21-10-13)18(25)23(3)16-5-7-26-16/h4,6,8-10,16H,5,7H2,1-3H3,(H,19,21)(H,20,22,24). The lowest BCUT2D eigenvalue weighted by atomic mass is 10.1. The second kappa shape index (κ2) is 7.49. The molecule has 8 heteroatoms. The van der Waals surface area contributed by atoms with Gasteiger partial charge in [0.05, 0.1) is 12.2 Å². The molecule has 3 heterocycles. The van der Waals surface area contributed by atoms with Gasteiger partial charge in [-0.1, -0.05) is 0 Å². The van der Waals surface area contributed by atoms with Gasteiger partial charge in [-0.2, -0.15) is 0 Å². The Morgan fingerprint density at radius 1 is 1.27 bits per heavy atom. The molecule has 2 aromatic rings. The number of anilines is 2. The van der Waals surface area contributed by atoms with E-state index in [1.54, 1.807) is 49.6 Å². The fourth-order valence-electron chi connectivity index (χ4n) is 2.69. The molecule has 0 aromatic carbocycles. The average molecular weight is 355 g/mol. The van der Waals surface area contributed by atoms with Crippen molar-refractivity contribution < 1.29 is 14.3 Å². The van der Waals surface area contributed by atoms with Crippen LogP contribution in [0, 0.1) is 0 Å². The molecule has 1 atom stereocenters. The van der Waals surface area contributed by atoms with Gasteiger partial charge in [-0.3, -0.25) is 9.59 Å². The molecule has 2 aromatic heterocycles. The number of aromatic nitrogens is 2. The van der Waals surface area contributed by atoms with Crippen LogP contribution in [0.1, 0.15) is 23.7 Å². The van der Waals surface area contributed by atoms with E-state index in [1.807, 2.05) is 0 Å². The highest BCUT2D eigenvalue weighted by atomic mass is 16.5. The third-order valence-electron chi connectivity index (χ3n) is 4.18. The van der Waals surface area contributed by atoms with Crippen LogP contribution >= 0.6 is 0 Å². The maximum atomic E-state index is 12.9. The molecule has 0 radical (unpaired) electrons. The minimum absolute atomic E-state index is 0.162. The molecule has 1 aliphatic heterocycles. The van der Waals surface area contributed by atoms with E-state index < -0.39 is 0 Å². The summed E-state index contributed by atoms with van der Waals surface area (Å²) in [6, 6.07) is 5.32. The second-order valence-electron chi connectivity index (χ2n) is 6.01. The highest BCUT2D eigenvalue weighted by Gasteiger charge is 2.29. The van der Waals surface area contributed by atoms with Gasteiger partial charge in [0.1, 0.15) is 17.9 Å². The molecule has 0 bridgehead atoms. The SMILES string of the molecule is CNc1ncc(-c2ccnc(NC(C)=O)c2)cc1C(=O)N(C)C1CCO1. The van der Waals surface area contributed by atoms with Crippen LogP contribution in [0.5, 0.6) is 0 Å². The molecule has 1 aliphatic rings. The Hall–Kier alpha value is -3.00. The van der Waals surface area contributed by atoms with E-state index in [0.717, 1.165) is 17.5 Å². The van der Waals surface area contributed by atoms with Crippen molar-refractivity contribution in [2.24, 2.45) is 0 Å². The molecule has 0 aliphatic carbocycles. The number of amides is 2. The number of nitrogens with one attached hydrogen (secondary N) is 2. The van der Waals surface area contributed by atoms with Crippen molar-refractivity contribution in [3.8, 4) is 11.1 Å². The molecular formula is C18H21N5O3. The van der Waals surface area contributed by atoms with Crippen LogP contribution in [-0.4, -0.2) is 53.6 Å². The Balaban J connectivity index is 1.94. The number of hydrogen-bond acceptors (Lipinski definition) is 6. The predicted molar refractivity (Wildman–Crippen MR) is 97.8 cm³/mol. The van der Waals surface area contributed by atoms with Crippen LogP contribution in [0.2, 0.25) is 0 Å². The number of rotatable bonds is 5. The maximum Gasteiger partial charge on any atom is 0.259 e. The zero-order valence-corrected chi connectivity index (χ0v) is 14.9. The van der Waals surface area contributed by atoms with Crippen molar-refractivity contribution in [2.75, 3.05) is 31.3 Å².